The molecule has 0 atom stereocenters. The SMILES string of the molecule is CCc1cc(OCCO)cc(C)c1N. The predicted molar refractivity (Wildman–Crippen MR) is 57.6 cm³/mol. The summed E-state index contributed by atoms with van der Waals surface area (Å²) in [5, 5.41) is 8.63. The summed E-state index contributed by atoms with van der Waals surface area (Å²) >= 11 is 0. The molecule has 0 fully saturated rings. The number of nitrogens with two attached hydrogens (primary N) is 1. The van der Waals surface area contributed by atoms with Crippen LogP contribution in [0, 0.1) is 6.92 Å². The number of hydrogen-bond acceptors (Lipinski definition) is 3. The van der Waals surface area contributed by atoms with E-state index < -0.39 is 0 Å². The lowest BCUT2D eigenvalue weighted by atomic mass is 10.1. The Bertz CT molecular complexity index is 310. The third kappa shape index (κ3) is 2.39. The van der Waals surface area contributed by atoms with Crippen LogP contribution in [0.2, 0.25) is 0 Å². The number of ether oxygens (including phenoxy) is 1. The lowest BCUT2D eigenvalue weighted by molar-refractivity contribution is 0.201. The molecule has 1 rings (SSSR count). The van der Waals surface area contributed by atoms with Gasteiger partial charge in [-0.05, 0) is 36.6 Å². The van der Waals surface area contributed by atoms with Gasteiger partial charge >= 0.3 is 0 Å². The zero-order valence-electron chi connectivity index (χ0n) is 8.71. The lowest BCUT2D eigenvalue weighted by Gasteiger charge is -2.11. The number of anilines is 1. The second kappa shape index (κ2) is 4.86. The van der Waals surface area contributed by atoms with Gasteiger partial charge in [0.1, 0.15) is 12.4 Å². The van der Waals surface area contributed by atoms with Crippen molar-refractivity contribution in [1.29, 1.82) is 0 Å². The average Bonchev–Trinajstić information content (AvgIpc) is 2.19. The molecule has 0 saturated carbocycles. The Kier molecular flexibility index (Phi) is 3.77. The molecule has 0 aliphatic heterocycles. The molecule has 0 amide bonds. The summed E-state index contributed by atoms with van der Waals surface area (Å²) in [6, 6.07) is 3.82. The van der Waals surface area contributed by atoms with Gasteiger partial charge in [-0.2, -0.15) is 0 Å². The minimum absolute atomic E-state index is 0.0326. The fourth-order valence-corrected chi connectivity index (χ4v) is 1.37. The van der Waals surface area contributed by atoms with E-state index >= 15 is 0 Å². The highest BCUT2D eigenvalue weighted by molar-refractivity contribution is 5.56. The molecule has 78 valence electrons. The number of hydrogen-bond donors (Lipinski definition) is 2. The Morgan fingerprint density at radius 3 is 2.71 bits per heavy atom. The Labute approximate surface area is 84.5 Å². The molecule has 1 aromatic carbocycles. The molecule has 0 unspecified atom stereocenters. The maximum atomic E-state index is 8.63. The number of nitrogen functional groups attached to an aromatic ring is 1. The van der Waals surface area contributed by atoms with E-state index in [-0.39, 0.29) is 6.61 Å². The molecule has 0 aliphatic rings. The molecule has 0 aromatic heterocycles. The Morgan fingerprint density at radius 2 is 2.14 bits per heavy atom. The maximum absolute atomic E-state index is 8.63. The lowest BCUT2D eigenvalue weighted by Crippen LogP contribution is -2.04. The summed E-state index contributed by atoms with van der Waals surface area (Å²) in [6.45, 7) is 4.37. The summed E-state index contributed by atoms with van der Waals surface area (Å²) in [4.78, 5) is 0. The Balaban J connectivity index is 2.91. The van der Waals surface area contributed by atoms with Gasteiger partial charge in [0.05, 0.1) is 6.61 Å². The van der Waals surface area contributed by atoms with Crippen molar-refractivity contribution in [2.24, 2.45) is 0 Å². The van der Waals surface area contributed by atoms with Crippen LogP contribution in [0.5, 0.6) is 5.75 Å². The molecular formula is C11H17NO2. The quantitative estimate of drug-likeness (QED) is 0.716. The van der Waals surface area contributed by atoms with E-state index in [1.807, 2.05) is 19.1 Å². The van der Waals surface area contributed by atoms with Gasteiger partial charge in [0.25, 0.3) is 0 Å². The van der Waals surface area contributed by atoms with Gasteiger partial charge in [0.2, 0.25) is 0 Å². The van der Waals surface area contributed by atoms with Gasteiger partial charge in [-0.25, -0.2) is 0 Å². The van der Waals surface area contributed by atoms with E-state index in [1.54, 1.807) is 0 Å². The highest BCUT2D eigenvalue weighted by atomic mass is 16.5. The monoisotopic (exact) mass is 195 g/mol. The highest BCUT2D eigenvalue weighted by Gasteiger charge is 2.04. The first-order chi connectivity index (χ1) is 6.69. The van der Waals surface area contributed by atoms with Crippen molar-refractivity contribution in [3.05, 3.63) is 23.3 Å². The molecular weight excluding hydrogens is 178 g/mol. The number of rotatable bonds is 4. The average molecular weight is 195 g/mol. The third-order valence-corrected chi connectivity index (χ3v) is 2.19. The van der Waals surface area contributed by atoms with Gasteiger partial charge in [-0.3, -0.25) is 0 Å². The highest BCUT2D eigenvalue weighted by Crippen LogP contribution is 2.24. The molecule has 0 aliphatic carbocycles. The molecule has 0 bridgehead atoms. The van der Waals surface area contributed by atoms with Crippen LogP contribution in [0.25, 0.3) is 0 Å². The second-order valence-corrected chi connectivity index (χ2v) is 3.24. The normalized spacial score (nSPS) is 10.2. The van der Waals surface area contributed by atoms with E-state index in [4.69, 9.17) is 15.6 Å². The van der Waals surface area contributed by atoms with Crippen molar-refractivity contribution in [3.8, 4) is 5.75 Å². The van der Waals surface area contributed by atoms with Crippen molar-refractivity contribution < 1.29 is 9.84 Å². The summed E-state index contributed by atoms with van der Waals surface area (Å²) < 4.78 is 5.33. The molecule has 0 saturated heterocycles. The summed E-state index contributed by atoms with van der Waals surface area (Å²) in [5.41, 5.74) is 8.84. The van der Waals surface area contributed by atoms with E-state index in [2.05, 4.69) is 6.92 Å². The van der Waals surface area contributed by atoms with Crippen molar-refractivity contribution in [1.82, 2.24) is 0 Å². The van der Waals surface area contributed by atoms with Gasteiger partial charge in [-0.1, -0.05) is 6.92 Å². The number of aryl methyl sites for hydroxylation is 2. The van der Waals surface area contributed by atoms with Crippen LogP contribution >= 0.6 is 0 Å². The zero-order chi connectivity index (χ0) is 10.6. The van der Waals surface area contributed by atoms with Crippen molar-refractivity contribution in [2.45, 2.75) is 20.3 Å². The van der Waals surface area contributed by atoms with Crippen molar-refractivity contribution in [2.75, 3.05) is 18.9 Å². The molecule has 3 nitrogen and oxygen atoms in total. The van der Waals surface area contributed by atoms with Crippen LogP contribution in [0.1, 0.15) is 18.1 Å². The van der Waals surface area contributed by atoms with Crippen molar-refractivity contribution in [3.63, 3.8) is 0 Å². The number of aliphatic hydroxyl groups excluding tert-OH is 1. The molecule has 3 heteroatoms. The largest absolute Gasteiger partial charge is 0.491 e. The first-order valence-corrected chi connectivity index (χ1v) is 4.81. The molecule has 1 aromatic rings. The molecule has 0 heterocycles. The Hall–Kier alpha value is -1.22. The summed E-state index contributed by atoms with van der Waals surface area (Å²) in [7, 11) is 0. The minimum atomic E-state index is 0.0326. The topological polar surface area (TPSA) is 55.5 Å². The molecule has 3 N–H and O–H groups in total. The van der Waals surface area contributed by atoms with Gasteiger partial charge in [0, 0.05) is 5.69 Å². The summed E-state index contributed by atoms with van der Waals surface area (Å²) in [6.07, 6.45) is 0.892. The fraction of sp³-hybridized carbons (Fsp3) is 0.455. The van der Waals surface area contributed by atoms with E-state index in [1.165, 1.54) is 0 Å². The van der Waals surface area contributed by atoms with Crippen LogP contribution in [0.15, 0.2) is 12.1 Å². The number of aliphatic hydroxyl groups is 1. The fourth-order valence-electron chi connectivity index (χ4n) is 1.37. The molecule has 0 radical (unpaired) electrons. The van der Waals surface area contributed by atoms with Crippen LogP contribution in [0.4, 0.5) is 5.69 Å². The van der Waals surface area contributed by atoms with Crippen LogP contribution in [0.3, 0.4) is 0 Å². The van der Waals surface area contributed by atoms with Crippen LogP contribution in [-0.2, 0) is 6.42 Å². The third-order valence-electron chi connectivity index (χ3n) is 2.19. The standard InChI is InChI=1S/C11H17NO2/c1-3-9-7-10(14-5-4-13)6-8(2)11(9)12/h6-7,13H,3-5,12H2,1-2H3. The Morgan fingerprint density at radius 1 is 1.43 bits per heavy atom. The van der Waals surface area contributed by atoms with E-state index in [0.717, 1.165) is 29.0 Å². The molecule has 0 spiro atoms. The minimum Gasteiger partial charge on any atom is -0.491 e. The van der Waals surface area contributed by atoms with Crippen LogP contribution in [-0.4, -0.2) is 18.3 Å². The summed E-state index contributed by atoms with van der Waals surface area (Å²) in [5.74, 6) is 0.780. The number of benzene rings is 1. The van der Waals surface area contributed by atoms with E-state index in [9.17, 15) is 0 Å². The predicted octanol–water partition coefficient (Wildman–Crippen LogP) is 1.51. The van der Waals surface area contributed by atoms with Crippen molar-refractivity contribution >= 4 is 5.69 Å². The van der Waals surface area contributed by atoms with Crippen LogP contribution < -0.4 is 10.5 Å². The first-order valence-electron chi connectivity index (χ1n) is 4.81. The first kappa shape index (κ1) is 10.9. The van der Waals surface area contributed by atoms with Gasteiger partial charge in [-0.15, -0.1) is 0 Å². The maximum Gasteiger partial charge on any atom is 0.120 e. The van der Waals surface area contributed by atoms with E-state index in [0.29, 0.717) is 6.61 Å². The zero-order valence-corrected chi connectivity index (χ0v) is 8.71. The second-order valence-electron chi connectivity index (χ2n) is 3.24. The smallest absolute Gasteiger partial charge is 0.120 e. The van der Waals surface area contributed by atoms with Gasteiger partial charge in [0.15, 0.2) is 0 Å². The molecule has 14 heavy (non-hydrogen) atoms. The van der Waals surface area contributed by atoms with Gasteiger partial charge < -0.3 is 15.6 Å².